The van der Waals surface area contributed by atoms with Gasteiger partial charge in [0.2, 0.25) is 0 Å². The fraction of sp³-hybridized carbons (Fsp3) is 0.429. The summed E-state index contributed by atoms with van der Waals surface area (Å²) in [5.41, 5.74) is 9.36. The highest BCUT2D eigenvalue weighted by Gasteiger charge is 2.14. The summed E-state index contributed by atoms with van der Waals surface area (Å²) < 4.78 is 10.6. The van der Waals surface area contributed by atoms with E-state index in [1.807, 2.05) is 19.1 Å². The number of aryl methyl sites for hydroxylation is 1. The molecule has 0 bridgehead atoms. The normalized spacial score (nSPS) is 12.7. The van der Waals surface area contributed by atoms with E-state index in [1.165, 1.54) is 5.56 Å². The van der Waals surface area contributed by atoms with Crippen LogP contribution in [0.25, 0.3) is 10.9 Å². The standard InChI is InChI=1S/C14H20N2O2/c1-8(15)5-10-9(2)16-12-7-14(18-4)13(17-3)6-11(10)12/h6-8,16H,5,15H2,1-4H3. The molecule has 18 heavy (non-hydrogen) atoms. The zero-order chi connectivity index (χ0) is 13.3. The van der Waals surface area contributed by atoms with E-state index in [0.29, 0.717) is 0 Å². The lowest BCUT2D eigenvalue weighted by molar-refractivity contribution is 0.356. The first-order valence-corrected chi connectivity index (χ1v) is 6.05. The van der Waals surface area contributed by atoms with Gasteiger partial charge in [0.15, 0.2) is 11.5 Å². The Morgan fingerprint density at radius 3 is 2.39 bits per heavy atom. The van der Waals surface area contributed by atoms with Crippen LogP contribution in [0.5, 0.6) is 11.5 Å². The van der Waals surface area contributed by atoms with Crippen molar-refractivity contribution < 1.29 is 9.47 Å². The molecular formula is C14H20N2O2. The summed E-state index contributed by atoms with van der Waals surface area (Å²) in [7, 11) is 3.29. The van der Waals surface area contributed by atoms with E-state index in [0.717, 1.165) is 34.5 Å². The zero-order valence-corrected chi connectivity index (χ0v) is 11.3. The number of H-pyrrole nitrogens is 1. The minimum atomic E-state index is 0.135. The van der Waals surface area contributed by atoms with Gasteiger partial charge in [-0.05, 0) is 31.9 Å². The van der Waals surface area contributed by atoms with Crippen molar-refractivity contribution >= 4 is 10.9 Å². The number of nitrogens with two attached hydrogens (primary N) is 1. The van der Waals surface area contributed by atoms with Gasteiger partial charge in [-0.15, -0.1) is 0 Å². The summed E-state index contributed by atoms with van der Waals surface area (Å²) in [6.45, 7) is 4.08. The Morgan fingerprint density at radius 2 is 1.83 bits per heavy atom. The van der Waals surface area contributed by atoms with Crippen molar-refractivity contribution in [2.45, 2.75) is 26.3 Å². The van der Waals surface area contributed by atoms with Gasteiger partial charge in [-0.1, -0.05) is 0 Å². The SMILES string of the molecule is COc1cc2[nH]c(C)c(CC(C)N)c2cc1OC. The topological polar surface area (TPSA) is 60.3 Å². The second-order valence-electron chi connectivity index (χ2n) is 4.66. The molecule has 1 aromatic carbocycles. The molecule has 0 fully saturated rings. The molecule has 1 aromatic heterocycles. The molecule has 0 aliphatic rings. The van der Waals surface area contributed by atoms with Gasteiger partial charge in [0.05, 0.1) is 14.2 Å². The number of aromatic nitrogens is 1. The number of methoxy groups -OCH3 is 2. The van der Waals surface area contributed by atoms with Crippen LogP contribution in [0.1, 0.15) is 18.2 Å². The first-order chi connectivity index (χ1) is 8.56. The molecule has 0 radical (unpaired) electrons. The molecule has 2 rings (SSSR count). The van der Waals surface area contributed by atoms with Crippen molar-refractivity contribution in [2.24, 2.45) is 5.73 Å². The number of hydrogen-bond acceptors (Lipinski definition) is 3. The van der Waals surface area contributed by atoms with Crippen molar-refractivity contribution in [3.05, 3.63) is 23.4 Å². The second-order valence-corrected chi connectivity index (χ2v) is 4.66. The first kappa shape index (κ1) is 12.8. The van der Waals surface area contributed by atoms with Gasteiger partial charge in [-0.25, -0.2) is 0 Å². The number of hydrogen-bond donors (Lipinski definition) is 2. The average Bonchev–Trinajstić information content (AvgIpc) is 2.63. The van der Waals surface area contributed by atoms with Crippen molar-refractivity contribution in [2.75, 3.05) is 14.2 Å². The predicted molar refractivity (Wildman–Crippen MR) is 73.5 cm³/mol. The van der Waals surface area contributed by atoms with Crippen molar-refractivity contribution in [3.8, 4) is 11.5 Å². The summed E-state index contributed by atoms with van der Waals surface area (Å²) in [5, 5.41) is 1.16. The summed E-state index contributed by atoms with van der Waals surface area (Å²) in [6.07, 6.45) is 0.849. The van der Waals surface area contributed by atoms with Crippen LogP contribution in [0.3, 0.4) is 0 Å². The third kappa shape index (κ3) is 2.16. The number of rotatable bonds is 4. The van der Waals surface area contributed by atoms with Gasteiger partial charge in [0.25, 0.3) is 0 Å². The van der Waals surface area contributed by atoms with Gasteiger partial charge in [-0.3, -0.25) is 0 Å². The third-order valence-electron chi connectivity index (χ3n) is 3.15. The molecule has 1 heterocycles. The molecule has 1 unspecified atom stereocenters. The van der Waals surface area contributed by atoms with E-state index >= 15 is 0 Å². The fourth-order valence-corrected chi connectivity index (χ4v) is 2.30. The summed E-state index contributed by atoms with van der Waals surface area (Å²) in [6, 6.07) is 4.11. The van der Waals surface area contributed by atoms with Crippen molar-refractivity contribution in [1.82, 2.24) is 4.98 Å². The van der Waals surface area contributed by atoms with Crippen LogP contribution in [-0.4, -0.2) is 25.2 Å². The first-order valence-electron chi connectivity index (χ1n) is 6.05. The van der Waals surface area contributed by atoms with Gasteiger partial charge in [-0.2, -0.15) is 0 Å². The van der Waals surface area contributed by atoms with Gasteiger partial charge in [0, 0.05) is 28.7 Å². The Balaban J connectivity index is 2.62. The Kier molecular flexibility index (Phi) is 3.48. The number of aromatic amines is 1. The Hall–Kier alpha value is -1.68. The van der Waals surface area contributed by atoms with E-state index in [2.05, 4.69) is 11.9 Å². The molecule has 1 atom stereocenters. The van der Waals surface area contributed by atoms with Crippen LogP contribution < -0.4 is 15.2 Å². The van der Waals surface area contributed by atoms with Gasteiger partial charge < -0.3 is 20.2 Å². The highest BCUT2D eigenvalue weighted by molar-refractivity contribution is 5.88. The number of fused-ring (bicyclic) bond motifs is 1. The van der Waals surface area contributed by atoms with Crippen LogP contribution in [0.4, 0.5) is 0 Å². The molecule has 2 aromatic rings. The van der Waals surface area contributed by atoms with Gasteiger partial charge >= 0.3 is 0 Å². The quantitative estimate of drug-likeness (QED) is 0.873. The van der Waals surface area contributed by atoms with E-state index in [1.54, 1.807) is 14.2 Å². The van der Waals surface area contributed by atoms with E-state index in [4.69, 9.17) is 15.2 Å². The Labute approximate surface area is 107 Å². The lowest BCUT2D eigenvalue weighted by Crippen LogP contribution is -2.18. The summed E-state index contributed by atoms with van der Waals surface area (Å²) in [4.78, 5) is 3.37. The minimum Gasteiger partial charge on any atom is -0.493 e. The number of benzene rings is 1. The van der Waals surface area contributed by atoms with Crippen LogP contribution >= 0.6 is 0 Å². The van der Waals surface area contributed by atoms with Gasteiger partial charge in [0.1, 0.15) is 0 Å². The lowest BCUT2D eigenvalue weighted by atomic mass is 10.0. The smallest absolute Gasteiger partial charge is 0.162 e. The molecule has 0 spiro atoms. The fourth-order valence-electron chi connectivity index (χ4n) is 2.30. The van der Waals surface area contributed by atoms with Crippen LogP contribution in [0, 0.1) is 6.92 Å². The molecule has 0 aliphatic heterocycles. The van der Waals surface area contributed by atoms with E-state index in [-0.39, 0.29) is 6.04 Å². The molecule has 0 amide bonds. The maximum Gasteiger partial charge on any atom is 0.162 e. The number of ether oxygens (including phenoxy) is 2. The molecule has 0 saturated heterocycles. The summed E-state index contributed by atoms with van der Waals surface area (Å²) in [5.74, 6) is 1.48. The molecule has 4 heteroatoms. The molecule has 0 saturated carbocycles. The largest absolute Gasteiger partial charge is 0.493 e. The predicted octanol–water partition coefficient (Wildman–Crippen LogP) is 2.38. The van der Waals surface area contributed by atoms with Crippen molar-refractivity contribution in [3.63, 3.8) is 0 Å². The molecular weight excluding hydrogens is 228 g/mol. The zero-order valence-electron chi connectivity index (χ0n) is 11.3. The van der Waals surface area contributed by atoms with Crippen molar-refractivity contribution in [1.29, 1.82) is 0 Å². The van der Waals surface area contributed by atoms with E-state index in [9.17, 15) is 0 Å². The highest BCUT2D eigenvalue weighted by atomic mass is 16.5. The van der Waals surface area contributed by atoms with Crippen LogP contribution in [-0.2, 0) is 6.42 Å². The maximum absolute atomic E-state index is 5.90. The van der Waals surface area contributed by atoms with E-state index < -0.39 is 0 Å². The van der Waals surface area contributed by atoms with Crippen LogP contribution in [0.2, 0.25) is 0 Å². The number of nitrogens with one attached hydrogen (secondary N) is 1. The maximum atomic E-state index is 5.90. The average molecular weight is 248 g/mol. The summed E-state index contributed by atoms with van der Waals surface area (Å²) >= 11 is 0. The lowest BCUT2D eigenvalue weighted by Gasteiger charge is -2.09. The molecule has 3 N–H and O–H groups in total. The minimum absolute atomic E-state index is 0.135. The molecule has 0 aliphatic carbocycles. The third-order valence-corrected chi connectivity index (χ3v) is 3.15. The Morgan fingerprint density at radius 1 is 1.22 bits per heavy atom. The monoisotopic (exact) mass is 248 g/mol. The molecule has 98 valence electrons. The molecule has 4 nitrogen and oxygen atoms in total. The van der Waals surface area contributed by atoms with Crippen LogP contribution in [0.15, 0.2) is 12.1 Å². The Bertz CT molecular complexity index is 558. The highest BCUT2D eigenvalue weighted by Crippen LogP contribution is 2.34. The second kappa shape index (κ2) is 4.90.